The fraction of sp³-hybridized carbons (Fsp3) is 0.269. The Labute approximate surface area is 226 Å². The summed E-state index contributed by atoms with van der Waals surface area (Å²) in [6, 6.07) is 16.8. The predicted octanol–water partition coefficient (Wildman–Crippen LogP) is 3.23. The van der Waals surface area contributed by atoms with E-state index in [2.05, 4.69) is 19.9 Å². The normalized spacial score (nSPS) is 12.9. The summed E-state index contributed by atoms with van der Waals surface area (Å²) >= 11 is 0. The molecule has 0 aliphatic heterocycles. The number of nitrogens with zero attached hydrogens (tertiary/aromatic N) is 4. The first-order valence-electron chi connectivity index (χ1n) is 11.8. The topological polar surface area (TPSA) is 147 Å². The molecule has 4 aromatic rings. The molecule has 12 nitrogen and oxygen atoms in total. The molecular weight excluding hydrogens is 526 g/mol. The number of aliphatic hydroxyl groups is 1. The minimum atomic E-state index is -4.24. The number of aliphatic hydroxyl groups excluding tert-OH is 1. The molecular formula is C26H29N5O7S. The number of anilines is 1. The smallest absolute Gasteiger partial charge is 0.243 e. The molecule has 0 amide bonds. The zero-order chi connectivity index (χ0) is 28.2. The molecule has 39 heavy (non-hydrogen) atoms. The van der Waals surface area contributed by atoms with E-state index >= 15 is 0 Å². The number of sulfonamides is 1. The fourth-order valence-corrected chi connectivity index (χ4v) is 5.05. The van der Waals surface area contributed by atoms with Crippen LogP contribution in [-0.2, 0) is 10.0 Å². The van der Waals surface area contributed by atoms with Crippen molar-refractivity contribution >= 4 is 16.0 Å². The standard InChI is InChI=1S/C26H29N5O7S/c1-16(24(32)17-10-6-7-12-19(17)35-2)39(33,34)30-26-29-28-25(18-11-8-15-22(27-18)38-5)31(26)23-20(36-3)13-9-14-21(23)37-4/h6-16,24,32H,1-5H3,(H,29,30). The van der Waals surface area contributed by atoms with Crippen molar-refractivity contribution in [1.29, 1.82) is 0 Å². The van der Waals surface area contributed by atoms with Gasteiger partial charge in [-0.3, -0.25) is 9.29 Å². The largest absolute Gasteiger partial charge is 0.496 e. The summed E-state index contributed by atoms with van der Waals surface area (Å²) in [7, 11) is 1.63. The maximum atomic E-state index is 13.6. The predicted molar refractivity (Wildman–Crippen MR) is 144 cm³/mol. The summed E-state index contributed by atoms with van der Waals surface area (Å²) in [5.74, 6) is 1.43. The van der Waals surface area contributed by atoms with Crippen LogP contribution in [0.5, 0.6) is 23.1 Å². The van der Waals surface area contributed by atoms with Gasteiger partial charge in [-0.05, 0) is 31.2 Å². The highest BCUT2D eigenvalue weighted by Crippen LogP contribution is 2.38. The van der Waals surface area contributed by atoms with Gasteiger partial charge < -0.3 is 24.1 Å². The van der Waals surface area contributed by atoms with Crippen molar-refractivity contribution in [2.75, 3.05) is 33.2 Å². The van der Waals surface area contributed by atoms with E-state index < -0.39 is 21.4 Å². The Balaban J connectivity index is 1.85. The lowest BCUT2D eigenvalue weighted by Gasteiger charge is -2.22. The van der Waals surface area contributed by atoms with Gasteiger partial charge >= 0.3 is 0 Å². The van der Waals surface area contributed by atoms with Gasteiger partial charge in [0.15, 0.2) is 5.82 Å². The Hall–Kier alpha value is -4.36. The minimum absolute atomic E-state index is 0.170. The van der Waals surface area contributed by atoms with Crippen molar-refractivity contribution in [3.05, 3.63) is 66.2 Å². The van der Waals surface area contributed by atoms with Crippen molar-refractivity contribution < 1.29 is 32.5 Å². The van der Waals surface area contributed by atoms with Crippen molar-refractivity contribution in [2.24, 2.45) is 0 Å². The van der Waals surface area contributed by atoms with E-state index in [1.54, 1.807) is 60.7 Å². The summed E-state index contributed by atoms with van der Waals surface area (Å²) in [5.41, 5.74) is 1.01. The number of hydrogen-bond acceptors (Lipinski definition) is 10. The number of rotatable bonds is 11. The molecule has 0 saturated heterocycles. The zero-order valence-corrected chi connectivity index (χ0v) is 22.8. The summed E-state index contributed by atoms with van der Waals surface area (Å²) in [5, 5.41) is 18.1. The van der Waals surface area contributed by atoms with Crippen LogP contribution in [0.2, 0.25) is 0 Å². The average molecular weight is 556 g/mol. The van der Waals surface area contributed by atoms with Crippen LogP contribution in [0, 0.1) is 0 Å². The van der Waals surface area contributed by atoms with Crippen LogP contribution in [0.25, 0.3) is 17.2 Å². The fourth-order valence-electron chi connectivity index (χ4n) is 3.99. The Morgan fingerprint density at radius 2 is 1.44 bits per heavy atom. The van der Waals surface area contributed by atoms with E-state index in [9.17, 15) is 13.5 Å². The quantitative estimate of drug-likeness (QED) is 0.283. The molecule has 0 aliphatic carbocycles. The van der Waals surface area contributed by atoms with Gasteiger partial charge in [0.2, 0.25) is 21.9 Å². The SMILES string of the molecule is COc1cccc(-c2nnc(NS(=O)(=O)C(C)C(O)c3ccccc3OC)n2-c2c(OC)cccc2OC)n1. The Morgan fingerprint density at radius 1 is 0.821 bits per heavy atom. The lowest BCUT2D eigenvalue weighted by atomic mass is 10.1. The van der Waals surface area contributed by atoms with Gasteiger partial charge in [-0.15, -0.1) is 10.2 Å². The Morgan fingerprint density at radius 3 is 2.08 bits per heavy atom. The van der Waals surface area contributed by atoms with E-state index in [4.69, 9.17) is 18.9 Å². The van der Waals surface area contributed by atoms with Crippen LogP contribution >= 0.6 is 0 Å². The van der Waals surface area contributed by atoms with Gasteiger partial charge in [0.1, 0.15) is 40.0 Å². The third-order valence-corrected chi connectivity index (χ3v) is 7.78. The number of pyridine rings is 1. The van der Waals surface area contributed by atoms with Crippen LogP contribution in [0.1, 0.15) is 18.6 Å². The third kappa shape index (κ3) is 5.45. The molecule has 0 aliphatic rings. The molecule has 13 heteroatoms. The number of ether oxygens (including phenoxy) is 4. The summed E-state index contributed by atoms with van der Waals surface area (Å²) in [6.45, 7) is 1.38. The van der Waals surface area contributed by atoms with E-state index in [0.29, 0.717) is 40.1 Å². The van der Waals surface area contributed by atoms with Crippen molar-refractivity contribution in [1.82, 2.24) is 19.7 Å². The molecule has 2 aromatic carbocycles. The van der Waals surface area contributed by atoms with E-state index in [1.807, 2.05) is 0 Å². The monoisotopic (exact) mass is 555 g/mol. The van der Waals surface area contributed by atoms with Crippen molar-refractivity contribution in [3.63, 3.8) is 0 Å². The first-order chi connectivity index (χ1) is 18.7. The molecule has 0 fully saturated rings. The number of hydrogen-bond donors (Lipinski definition) is 2. The van der Waals surface area contributed by atoms with Crippen LogP contribution in [0.15, 0.2) is 60.7 Å². The molecule has 0 radical (unpaired) electrons. The molecule has 2 atom stereocenters. The molecule has 0 spiro atoms. The first kappa shape index (κ1) is 27.7. The van der Waals surface area contributed by atoms with Gasteiger partial charge in [0.25, 0.3) is 0 Å². The average Bonchev–Trinajstić information content (AvgIpc) is 3.37. The second-order valence-corrected chi connectivity index (χ2v) is 10.3. The highest BCUT2D eigenvalue weighted by molar-refractivity contribution is 7.93. The summed E-state index contributed by atoms with van der Waals surface area (Å²) < 4.78 is 52.7. The maximum absolute atomic E-state index is 13.6. The molecule has 0 bridgehead atoms. The Bertz CT molecular complexity index is 1540. The number of para-hydroxylation sites is 2. The van der Waals surface area contributed by atoms with Gasteiger partial charge in [0.05, 0.1) is 28.4 Å². The van der Waals surface area contributed by atoms with Crippen molar-refractivity contribution in [3.8, 4) is 40.3 Å². The number of benzene rings is 2. The van der Waals surface area contributed by atoms with Gasteiger partial charge in [0, 0.05) is 11.6 Å². The summed E-state index contributed by atoms with van der Waals surface area (Å²) in [6.07, 6.45) is -1.41. The second kappa shape index (κ2) is 11.6. The molecule has 206 valence electrons. The molecule has 0 saturated carbocycles. The van der Waals surface area contributed by atoms with Crippen LogP contribution in [0.3, 0.4) is 0 Å². The number of methoxy groups -OCH3 is 4. The highest BCUT2D eigenvalue weighted by Gasteiger charge is 2.33. The number of aromatic nitrogens is 4. The molecule has 4 rings (SSSR count). The van der Waals surface area contributed by atoms with E-state index in [0.717, 1.165) is 0 Å². The van der Waals surface area contributed by atoms with Crippen molar-refractivity contribution in [2.45, 2.75) is 18.3 Å². The summed E-state index contributed by atoms with van der Waals surface area (Å²) in [4.78, 5) is 4.43. The van der Waals surface area contributed by atoms with Crippen LogP contribution < -0.4 is 23.7 Å². The first-order valence-corrected chi connectivity index (χ1v) is 13.3. The maximum Gasteiger partial charge on any atom is 0.243 e. The third-order valence-electron chi connectivity index (χ3n) is 6.08. The number of nitrogens with one attached hydrogen (secondary N) is 1. The van der Waals surface area contributed by atoms with E-state index in [1.165, 1.54) is 39.9 Å². The lowest BCUT2D eigenvalue weighted by molar-refractivity contribution is 0.172. The molecule has 2 heterocycles. The van der Waals surface area contributed by atoms with Gasteiger partial charge in [-0.2, -0.15) is 0 Å². The lowest BCUT2D eigenvalue weighted by Crippen LogP contribution is -2.32. The Kier molecular flexibility index (Phi) is 8.21. The van der Waals surface area contributed by atoms with Gasteiger partial charge in [-0.25, -0.2) is 13.4 Å². The molecule has 2 unspecified atom stereocenters. The van der Waals surface area contributed by atoms with E-state index in [-0.39, 0.29) is 11.8 Å². The molecule has 2 aromatic heterocycles. The zero-order valence-electron chi connectivity index (χ0n) is 22.0. The van der Waals surface area contributed by atoms with Gasteiger partial charge in [-0.1, -0.05) is 30.3 Å². The molecule has 2 N–H and O–H groups in total. The van der Waals surface area contributed by atoms with Crippen LogP contribution in [0.4, 0.5) is 5.95 Å². The van der Waals surface area contributed by atoms with Crippen LogP contribution in [-0.4, -0.2) is 67.0 Å². The minimum Gasteiger partial charge on any atom is -0.496 e. The highest BCUT2D eigenvalue weighted by atomic mass is 32.2. The second-order valence-electron chi connectivity index (χ2n) is 8.30.